The van der Waals surface area contributed by atoms with E-state index in [1.807, 2.05) is 6.07 Å². The Kier molecular flexibility index (Phi) is 2.97. The van der Waals surface area contributed by atoms with Gasteiger partial charge in [0.05, 0.1) is 13.2 Å². The maximum Gasteiger partial charge on any atom is 0.119 e. The molecule has 3 rings (SSSR count). The van der Waals surface area contributed by atoms with Gasteiger partial charge in [-0.05, 0) is 24.3 Å². The Morgan fingerprint density at radius 1 is 1.28 bits per heavy atom. The zero-order chi connectivity index (χ0) is 12.5. The molecule has 4 nitrogen and oxygen atoms in total. The summed E-state index contributed by atoms with van der Waals surface area (Å²) in [6, 6.07) is 8.87. The second-order valence-corrected chi connectivity index (χ2v) is 4.76. The SMILES string of the molecule is COc1ccc2c(c1)cc([C@@H]1CNCCN1)n2C. The number of ether oxygens (including phenoxy) is 1. The van der Waals surface area contributed by atoms with E-state index < -0.39 is 0 Å². The Morgan fingerprint density at radius 2 is 2.17 bits per heavy atom. The van der Waals surface area contributed by atoms with Crippen molar-refractivity contribution in [3.8, 4) is 5.75 Å². The van der Waals surface area contributed by atoms with Crippen LogP contribution in [0.5, 0.6) is 5.75 Å². The largest absolute Gasteiger partial charge is 0.497 e. The molecule has 1 aliphatic heterocycles. The van der Waals surface area contributed by atoms with E-state index in [0.29, 0.717) is 6.04 Å². The summed E-state index contributed by atoms with van der Waals surface area (Å²) in [6.07, 6.45) is 0. The van der Waals surface area contributed by atoms with Gasteiger partial charge in [-0.3, -0.25) is 0 Å². The molecule has 0 unspecified atom stereocenters. The Hall–Kier alpha value is -1.52. The standard InChI is InChI=1S/C14H19N3O/c1-17-13-4-3-11(18-2)7-10(13)8-14(17)12-9-15-5-6-16-12/h3-4,7-8,12,15-16H,5-6,9H2,1-2H3/t12-/m0/s1. The van der Waals surface area contributed by atoms with Crippen LogP contribution in [-0.2, 0) is 7.05 Å². The summed E-state index contributed by atoms with van der Waals surface area (Å²) in [5, 5.41) is 8.21. The first kappa shape index (κ1) is 11.6. The molecule has 0 spiro atoms. The van der Waals surface area contributed by atoms with Crippen LogP contribution in [0.3, 0.4) is 0 Å². The van der Waals surface area contributed by atoms with Crippen LogP contribution in [-0.4, -0.2) is 31.3 Å². The lowest BCUT2D eigenvalue weighted by atomic mass is 10.1. The third kappa shape index (κ3) is 1.87. The van der Waals surface area contributed by atoms with Crippen molar-refractivity contribution in [3.05, 3.63) is 30.0 Å². The van der Waals surface area contributed by atoms with Crippen molar-refractivity contribution in [2.24, 2.45) is 7.05 Å². The van der Waals surface area contributed by atoms with E-state index in [0.717, 1.165) is 25.4 Å². The van der Waals surface area contributed by atoms with Crippen molar-refractivity contribution in [1.29, 1.82) is 0 Å². The topological polar surface area (TPSA) is 38.2 Å². The molecule has 96 valence electrons. The van der Waals surface area contributed by atoms with Crippen LogP contribution < -0.4 is 15.4 Å². The van der Waals surface area contributed by atoms with E-state index in [2.05, 4.69) is 40.4 Å². The van der Waals surface area contributed by atoms with E-state index in [-0.39, 0.29) is 0 Å². The summed E-state index contributed by atoms with van der Waals surface area (Å²) in [7, 11) is 3.83. The van der Waals surface area contributed by atoms with Gasteiger partial charge in [-0.25, -0.2) is 0 Å². The zero-order valence-corrected chi connectivity index (χ0v) is 10.9. The summed E-state index contributed by atoms with van der Waals surface area (Å²) < 4.78 is 7.54. The Bertz CT molecular complexity index is 555. The van der Waals surface area contributed by atoms with Gasteiger partial charge in [-0.1, -0.05) is 0 Å². The van der Waals surface area contributed by atoms with E-state index in [1.165, 1.54) is 16.6 Å². The van der Waals surface area contributed by atoms with Gasteiger partial charge in [0.2, 0.25) is 0 Å². The van der Waals surface area contributed by atoms with Gasteiger partial charge < -0.3 is 19.9 Å². The van der Waals surface area contributed by atoms with Gasteiger partial charge in [0.1, 0.15) is 5.75 Å². The van der Waals surface area contributed by atoms with Gasteiger partial charge in [0.25, 0.3) is 0 Å². The van der Waals surface area contributed by atoms with Crippen molar-refractivity contribution < 1.29 is 4.74 Å². The molecule has 1 fully saturated rings. The lowest BCUT2D eigenvalue weighted by Gasteiger charge is -2.25. The Morgan fingerprint density at radius 3 is 2.89 bits per heavy atom. The van der Waals surface area contributed by atoms with Gasteiger partial charge >= 0.3 is 0 Å². The maximum atomic E-state index is 5.28. The van der Waals surface area contributed by atoms with E-state index in [4.69, 9.17) is 4.74 Å². The molecule has 2 aromatic rings. The molecule has 0 bridgehead atoms. The molecule has 1 aromatic carbocycles. The summed E-state index contributed by atoms with van der Waals surface area (Å²) in [4.78, 5) is 0. The van der Waals surface area contributed by atoms with Crippen LogP contribution >= 0.6 is 0 Å². The van der Waals surface area contributed by atoms with Crippen molar-refractivity contribution >= 4 is 10.9 Å². The molecule has 1 aromatic heterocycles. The second kappa shape index (κ2) is 4.63. The first-order chi connectivity index (χ1) is 8.79. The molecule has 4 heteroatoms. The number of nitrogens with zero attached hydrogens (tertiary/aromatic N) is 1. The minimum atomic E-state index is 0.391. The molecule has 0 saturated carbocycles. The first-order valence-electron chi connectivity index (χ1n) is 6.37. The minimum absolute atomic E-state index is 0.391. The van der Waals surface area contributed by atoms with Crippen LogP contribution in [0.15, 0.2) is 24.3 Å². The lowest BCUT2D eigenvalue weighted by Crippen LogP contribution is -2.43. The average molecular weight is 245 g/mol. The number of aryl methyl sites for hydroxylation is 1. The second-order valence-electron chi connectivity index (χ2n) is 4.76. The predicted octanol–water partition coefficient (Wildman–Crippen LogP) is 1.42. The number of hydrogen-bond donors (Lipinski definition) is 2. The van der Waals surface area contributed by atoms with E-state index in [9.17, 15) is 0 Å². The van der Waals surface area contributed by atoms with Gasteiger partial charge in [0.15, 0.2) is 0 Å². The fraction of sp³-hybridized carbons (Fsp3) is 0.429. The first-order valence-corrected chi connectivity index (χ1v) is 6.37. The highest BCUT2D eigenvalue weighted by atomic mass is 16.5. The molecule has 0 amide bonds. The van der Waals surface area contributed by atoms with Crippen molar-refractivity contribution in [2.75, 3.05) is 26.7 Å². The van der Waals surface area contributed by atoms with E-state index >= 15 is 0 Å². The summed E-state index contributed by atoms with van der Waals surface area (Å²) in [6.45, 7) is 3.06. The number of methoxy groups -OCH3 is 1. The average Bonchev–Trinajstić information content (AvgIpc) is 2.76. The highest BCUT2D eigenvalue weighted by Crippen LogP contribution is 2.27. The Labute approximate surface area is 107 Å². The van der Waals surface area contributed by atoms with E-state index in [1.54, 1.807) is 7.11 Å². The van der Waals surface area contributed by atoms with Crippen LogP contribution in [0.25, 0.3) is 10.9 Å². The van der Waals surface area contributed by atoms with Gasteiger partial charge in [0, 0.05) is 43.3 Å². The smallest absolute Gasteiger partial charge is 0.119 e. The number of fused-ring (bicyclic) bond motifs is 1. The van der Waals surface area contributed by atoms with Crippen LogP contribution in [0, 0.1) is 0 Å². The van der Waals surface area contributed by atoms with Crippen LogP contribution in [0.1, 0.15) is 11.7 Å². The normalized spacial score (nSPS) is 20.2. The molecule has 0 aliphatic carbocycles. The highest BCUT2D eigenvalue weighted by molar-refractivity contribution is 5.83. The third-order valence-electron chi connectivity index (χ3n) is 3.68. The molecule has 18 heavy (non-hydrogen) atoms. The quantitative estimate of drug-likeness (QED) is 0.840. The number of rotatable bonds is 2. The number of hydrogen-bond acceptors (Lipinski definition) is 3. The lowest BCUT2D eigenvalue weighted by molar-refractivity contribution is 0.415. The fourth-order valence-corrected chi connectivity index (χ4v) is 2.67. The Balaban J connectivity index is 2.04. The van der Waals surface area contributed by atoms with Crippen molar-refractivity contribution in [2.45, 2.75) is 6.04 Å². The molecule has 0 radical (unpaired) electrons. The zero-order valence-electron chi connectivity index (χ0n) is 10.9. The van der Waals surface area contributed by atoms with Gasteiger partial charge in [-0.2, -0.15) is 0 Å². The summed E-state index contributed by atoms with van der Waals surface area (Å²) in [5.41, 5.74) is 2.57. The summed E-state index contributed by atoms with van der Waals surface area (Å²) >= 11 is 0. The molecular weight excluding hydrogens is 226 g/mol. The molecule has 1 saturated heterocycles. The number of benzene rings is 1. The number of nitrogens with one attached hydrogen (secondary N) is 2. The third-order valence-corrected chi connectivity index (χ3v) is 3.68. The number of piperazine rings is 1. The predicted molar refractivity (Wildman–Crippen MR) is 73.1 cm³/mol. The van der Waals surface area contributed by atoms with Crippen molar-refractivity contribution in [1.82, 2.24) is 15.2 Å². The molecule has 1 atom stereocenters. The van der Waals surface area contributed by atoms with Crippen LogP contribution in [0.4, 0.5) is 0 Å². The maximum absolute atomic E-state index is 5.28. The minimum Gasteiger partial charge on any atom is -0.497 e. The van der Waals surface area contributed by atoms with Gasteiger partial charge in [-0.15, -0.1) is 0 Å². The number of aromatic nitrogens is 1. The molecule has 2 N–H and O–H groups in total. The molecule has 2 heterocycles. The monoisotopic (exact) mass is 245 g/mol. The van der Waals surface area contributed by atoms with Crippen molar-refractivity contribution in [3.63, 3.8) is 0 Å². The highest BCUT2D eigenvalue weighted by Gasteiger charge is 2.18. The summed E-state index contributed by atoms with van der Waals surface area (Å²) in [5.74, 6) is 0.911. The fourth-order valence-electron chi connectivity index (χ4n) is 2.67. The van der Waals surface area contributed by atoms with Crippen LogP contribution in [0.2, 0.25) is 0 Å². The molecule has 1 aliphatic rings. The molecular formula is C14H19N3O.